The van der Waals surface area contributed by atoms with Crippen LogP contribution in [0.25, 0.3) is 0 Å². The fraction of sp³-hybridized carbons (Fsp3) is 0.667. The number of carboxylic acids is 1. The van der Waals surface area contributed by atoms with Crippen LogP contribution >= 0.6 is 0 Å². The summed E-state index contributed by atoms with van der Waals surface area (Å²) in [5.41, 5.74) is 8.36. The number of aliphatic carboxylic acids is 1. The van der Waals surface area contributed by atoms with Crippen LogP contribution in [0.2, 0.25) is 0 Å². The molecule has 0 aliphatic carbocycles. The highest BCUT2D eigenvalue weighted by Gasteiger charge is 2.24. The van der Waals surface area contributed by atoms with Gasteiger partial charge in [0.1, 0.15) is 12.3 Å². The predicted octanol–water partition coefficient (Wildman–Crippen LogP) is -0.243. The maximum atomic E-state index is 11.1. The Morgan fingerprint density at radius 1 is 1.61 bits per heavy atom. The van der Waals surface area contributed by atoms with E-state index in [4.69, 9.17) is 10.8 Å². The average molecular weight is 255 g/mol. The van der Waals surface area contributed by atoms with Crippen LogP contribution in [-0.2, 0) is 9.59 Å². The molecule has 0 spiro atoms. The molecule has 1 rings (SSSR count). The molecule has 1 fully saturated rings. The van der Waals surface area contributed by atoms with Gasteiger partial charge in [-0.25, -0.2) is 10.4 Å². The second-order valence-corrected chi connectivity index (χ2v) is 4.41. The van der Waals surface area contributed by atoms with Crippen molar-refractivity contribution in [3.05, 3.63) is 12.3 Å². The Morgan fingerprint density at radius 3 is 3.00 bits per heavy atom. The first-order valence-electron chi connectivity index (χ1n) is 6.25. The van der Waals surface area contributed by atoms with Crippen molar-refractivity contribution in [3.8, 4) is 0 Å². The lowest BCUT2D eigenvalue weighted by Crippen LogP contribution is -2.52. The number of carbonyl (C=O) groups is 2. The van der Waals surface area contributed by atoms with Crippen LogP contribution in [0, 0.1) is 12.3 Å². The van der Waals surface area contributed by atoms with E-state index in [1.54, 1.807) is 5.01 Å². The van der Waals surface area contributed by atoms with Crippen LogP contribution < -0.4 is 11.2 Å². The molecular formula is C12H21N3O3. The third-order valence-electron chi connectivity index (χ3n) is 2.91. The molecule has 1 atom stereocenters. The lowest BCUT2D eigenvalue weighted by molar-refractivity contribution is -0.141. The number of carbonyl (C=O) groups excluding carboxylic acids is 1. The maximum absolute atomic E-state index is 11.1. The molecule has 1 heterocycles. The SMILES string of the molecule is NCCCCC(NN1CC[CH][C](C=O)C1)C(=O)O. The number of nitrogens with zero attached hydrogens (tertiary/aromatic N) is 1. The monoisotopic (exact) mass is 255 g/mol. The fourth-order valence-electron chi connectivity index (χ4n) is 1.92. The van der Waals surface area contributed by atoms with E-state index >= 15 is 0 Å². The number of nitrogens with two attached hydrogens (primary N) is 1. The van der Waals surface area contributed by atoms with Crippen LogP contribution in [0.4, 0.5) is 0 Å². The molecule has 0 amide bonds. The number of carboxylic acid groups (broad SMARTS) is 1. The van der Waals surface area contributed by atoms with Crippen molar-refractivity contribution in [1.29, 1.82) is 0 Å². The molecule has 1 saturated heterocycles. The summed E-state index contributed by atoms with van der Waals surface area (Å²) >= 11 is 0. The summed E-state index contributed by atoms with van der Waals surface area (Å²) < 4.78 is 0. The fourth-order valence-corrected chi connectivity index (χ4v) is 1.92. The molecule has 1 aliphatic heterocycles. The van der Waals surface area contributed by atoms with Gasteiger partial charge in [0.25, 0.3) is 0 Å². The quantitative estimate of drug-likeness (QED) is 0.409. The number of hydrazine groups is 1. The lowest BCUT2D eigenvalue weighted by Gasteiger charge is -2.32. The Balaban J connectivity index is 2.39. The summed E-state index contributed by atoms with van der Waals surface area (Å²) in [6.45, 7) is 1.76. The normalized spacial score (nSPS) is 19.6. The van der Waals surface area contributed by atoms with Gasteiger partial charge in [-0.05, 0) is 38.6 Å². The molecule has 0 aromatic rings. The Kier molecular flexibility index (Phi) is 6.85. The third-order valence-corrected chi connectivity index (χ3v) is 2.91. The molecule has 4 N–H and O–H groups in total. The zero-order valence-corrected chi connectivity index (χ0v) is 10.5. The van der Waals surface area contributed by atoms with Crippen molar-refractivity contribution < 1.29 is 14.7 Å². The van der Waals surface area contributed by atoms with E-state index in [0.717, 1.165) is 32.1 Å². The van der Waals surface area contributed by atoms with Crippen LogP contribution in [0.5, 0.6) is 0 Å². The van der Waals surface area contributed by atoms with Gasteiger partial charge in [-0.2, -0.15) is 0 Å². The number of unbranched alkanes of at least 4 members (excludes halogenated alkanes) is 1. The zero-order valence-electron chi connectivity index (χ0n) is 10.5. The highest BCUT2D eigenvalue weighted by Crippen LogP contribution is 2.14. The summed E-state index contributed by atoms with van der Waals surface area (Å²) in [6, 6.07) is -0.609. The molecule has 102 valence electrons. The minimum Gasteiger partial charge on any atom is -0.480 e. The molecule has 0 bridgehead atoms. The molecular weight excluding hydrogens is 234 g/mol. The molecule has 0 aromatic heterocycles. The minimum atomic E-state index is -0.866. The van der Waals surface area contributed by atoms with Crippen LogP contribution in [0.1, 0.15) is 25.7 Å². The van der Waals surface area contributed by atoms with Gasteiger partial charge in [0, 0.05) is 13.1 Å². The summed E-state index contributed by atoms with van der Waals surface area (Å²) in [5.74, 6) is -0.172. The molecule has 6 heteroatoms. The van der Waals surface area contributed by atoms with E-state index < -0.39 is 12.0 Å². The first kappa shape index (κ1) is 15.1. The van der Waals surface area contributed by atoms with Gasteiger partial charge in [0.15, 0.2) is 0 Å². The van der Waals surface area contributed by atoms with E-state index in [9.17, 15) is 9.59 Å². The Bertz CT molecular complexity index is 273. The summed E-state index contributed by atoms with van der Waals surface area (Å²) in [4.78, 5) is 21.8. The second kappa shape index (κ2) is 8.18. The van der Waals surface area contributed by atoms with Gasteiger partial charge in [-0.1, -0.05) is 0 Å². The molecule has 0 aromatic carbocycles. The van der Waals surface area contributed by atoms with Crippen molar-refractivity contribution in [1.82, 2.24) is 10.4 Å². The van der Waals surface area contributed by atoms with Crippen molar-refractivity contribution in [2.24, 2.45) is 5.73 Å². The maximum Gasteiger partial charge on any atom is 0.322 e. The van der Waals surface area contributed by atoms with Gasteiger partial charge in [0.2, 0.25) is 0 Å². The molecule has 2 radical (unpaired) electrons. The van der Waals surface area contributed by atoms with Crippen LogP contribution in [0.3, 0.4) is 0 Å². The van der Waals surface area contributed by atoms with Crippen LogP contribution in [-0.4, -0.2) is 48.0 Å². The smallest absolute Gasteiger partial charge is 0.322 e. The number of hydrogen-bond acceptors (Lipinski definition) is 5. The predicted molar refractivity (Wildman–Crippen MR) is 67.3 cm³/mol. The average Bonchev–Trinajstić information content (AvgIpc) is 2.38. The number of piperidine rings is 1. The molecule has 18 heavy (non-hydrogen) atoms. The van der Waals surface area contributed by atoms with E-state index in [2.05, 4.69) is 5.43 Å². The largest absolute Gasteiger partial charge is 0.480 e. The van der Waals surface area contributed by atoms with Gasteiger partial charge >= 0.3 is 5.97 Å². The summed E-state index contributed by atoms with van der Waals surface area (Å²) in [5, 5.41) is 10.9. The Morgan fingerprint density at radius 2 is 2.39 bits per heavy atom. The molecule has 1 unspecified atom stereocenters. The first-order chi connectivity index (χ1) is 8.67. The van der Waals surface area contributed by atoms with E-state index in [0.29, 0.717) is 25.4 Å². The van der Waals surface area contributed by atoms with Crippen molar-refractivity contribution >= 4 is 12.3 Å². The molecule has 0 saturated carbocycles. The van der Waals surface area contributed by atoms with E-state index in [1.807, 2.05) is 6.42 Å². The molecule has 1 aliphatic rings. The van der Waals surface area contributed by atoms with Gasteiger partial charge < -0.3 is 15.6 Å². The second-order valence-electron chi connectivity index (χ2n) is 4.41. The first-order valence-corrected chi connectivity index (χ1v) is 6.25. The lowest BCUT2D eigenvalue weighted by atomic mass is 10.0. The number of hydrogen-bond donors (Lipinski definition) is 3. The Labute approximate surface area is 107 Å². The highest BCUT2D eigenvalue weighted by molar-refractivity contribution is 5.73. The van der Waals surface area contributed by atoms with Crippen molar-refractivity contribution in [3.63, 3.8) is 0 Å². The summed E-state index contributed by atoms with van der Waals surface area (Å²) in [6.07, 6.45) is 5.61. The van der Waals surface area contributed by atoms with Crippen molar-refractivity contribution in [2.45, 2.75) is 31.7 Å². The third kappa shape index (κ3) is 5.12. The number of aldehydes is 1. The molecule has 6 nitrogen and oxygen atoms in total. The standard InChI is InChI=1S/C12H21N3O3/c13-6-2-1-5-11(12(17)18)14-15-7-3-4-10(8-15)9-16/h4,9,11,14H,1-3,5-8,13H2,(H,17,18). The van der Waals surface area contributed by atoms with Crippen LogP contribution in [0.15, 0.2) is 0 Å². The topological polar surface area (TPSA) is 95.7 Å². The van der Waals surface area contributed by atoms with Gasteiger partial charge in [-0.3, -0.25) is 4.79 Å². The minimum absolute atomic E-state index is 0.462. The van der Waals surface area contributed by atoms with Gasteiger partial charge in [0.05, 0.1) is 5.92 Å². The van der Waals surface area contributed by atoms with Crippen molar-refractivity contribution in [2.75, 3.05) is 19.6 Å². The zero-order chi connectivity index (χ0) is 13.4. The van der Waals surface area contributed by atoms with E-state index in [-0.39, 0.29) is 0 Å². The van der Waals surface area contributed by atoms with Gasteiger partial charge in [-0.15, -0.1) is 0 Å². The Hall–Kier alpha value is -0.980. The summed E-state index contributed by atoms with van der Waals surface area (Å²) in [7, 11) is 0. The number of rotatable bonds is 8. The van der Waals surface area contributed by atoms with E-state index in [1.165, 1.54) is 0 Å². The number of nitrogens with one attached hydrogen (secondary N) is 1. The highest BCUT2D eigenvalue weighted by atomic mass is 16.4.